The van der Waals surface area contributed by atoms with Crippen LogP contribution in [0.5, 0.6) is 17.2 Å². The van der Waals surface area contributed by atoms with E-state index in [1.165, 1.54) is 0 Å². The molecule has 2 aromatic carbocycles. The van der Waals surface area contributed by atoms with Crippen LogP contribution in [-0.2, 0) is 16.0 Å². The lowest BCUT2D eigenvalue weighted by molar-refractivity contribution is -0.118. The second kappa shape index (κ2) is 7.77. The Balaban J connectivity index is 1.58. The normalized spacial score (nSPS) is 12.5. The minimum atomic E-state index is -0.191. The van der Waals surface area contributed by atoms with Crippen LogP contribution in [0.1, 0.15) is 12.0 Å². The number of ether oxygens (including phenoxy) is 3. The summed E-state index contributed by atoms with van der Waals surface area (Å²) in [5.41, 5.74) is 2.20. The predicted molar refractivity (Wildman–Crippen MR) is 97.1 cm³/mol. The van der Waals surface area contributed by atoms with Crippen molar-refractivity contribution >= 4 is 23.2 Å². The van der Waals surface area contributed by atoms with Crippen LogP contribution in [0.25, 0.3) is 0 Å². The monoisotopic (exact) mass is 356 g/mol. The third-order valence-electron chi connectivity index (χ3n) is 3.99. The number of carbonyl (C=O) groups is 2. The quantitative estimate of drug-likeness (QED) is 0.831. The number of methoxy groups -OCH3 is 2. The first-order valence-electron chi connectivity index (χ1n) is 8.16. The number of carbonyl (C=O) groups excluding carboxylic acids is 2. The molecule has 3 rings (SSSR count). The van der Waals surface area contributed by atoms with E-state index in [0.29, 0.717) is 41.5 Å². The fourth-order valence-corrected chi connectivity index (χ4v) is 2.67. The average Bonchev–Trinajstić information content (AvgIpc) is 2.66. The molecule has 0 saturated carbocycles. The van der Waals surface area contributed by atoms with Gasteiger partial charge >= 0.3 is 0 Å². The number of hydrogen-bond acceptors (Lipinski definition) is 5. The SMILES string of the molecule is COc1ccc(CCC(=O)Nc2ccc3c(c2)OCC(=O)N3)cc1OC. The van der Waals surface area contributed by atoms with Crippen LogP contribution in [0.4, 0.5) is 11.4 Å². The highest BCUT2D eigenvalue weighted by Gasteiger charge is 2.16. The molecule has 0 spiro atoms. The van der Waals surface area contributed by atoms with Crippen molar-refractivity contribution in [2.45, 2.75) is 12.8 Å². The van der Waals surface area contributed by atoms with E-state index in [-0.39, 0.29) is 18.4 Å². The topological polar surface area (TPSA) is 85.9 Å². The summed E-state index contributed by atoms with van der Waals surface area (Å²) >= 11 is 0. The van der Waals surface area contributed by atoms with Crippen LogP contribution in [0.15, 0.2) is 36.4 Å². The highest BCUT2D eigenvalue weighted by atomic mass is 16.5. The predicted octanol–water partition coefficient (Wildman–Crippen LogP) is 2.61. The van der Waals surface area contributed by atoms with Crippen LogP contribution in [0.2, 0.25) is 0 Å². The van der Waals surface area contributed by atoms with Crippen molar-refractivity contribution in [3.05, 3.63) is 42.0 Å². The van der Waals surface area contributed by atoms with Crippen LogP contribution < -0.4 is 24.8 Å². The molecule has 0 unspecified atom stereocenters. The van der Waals surface area contributed by atoms with Gasteiger partial charge in [0.2, 0.25) is 5.91 Å². The van der Waals surface area contributed by atoms with Crippen LogP contribution >= 0.6 is 0 Å². The smallest absolute Gasteiger partial charge is 0.262 e. The maximum absolute atomic E-state index is 12.2. The van der Waals surface area contributed by atoms with Gasteiger partial charge in [0.15, 0.2) is 18.1 Å². The molecule has 2 N–H and O–H groups in total. The molecular formula is C19H20N2O5. The molecule has 0 fully saturated rings. The number of fused-ring (bicyclic) bond motifs is 1. The number of anilines is 2. The Morgan fingerprint density at radius 3 is 2.73 bits per heavy atom. The van der Waals surface area contributed by atoms with Gasteiger partial charge in [-0.1, -0.05) is 6.07 Å². The summed E-state index contributed by atoms with van der Waals surface area (Å²) in [6.07, 6.45) is 0.897. The Morgan fingerprint density at radius 1 is 1.15 bits per heavy atom. The van der Waals surface area contributed by atoms with E-state index >= 15 is 0 Å². The average molecular weight is 356 g/mol. The molecule has 0 aromatic heterocycles. The zero-order valence-corrected chi connectivity index (χ0v) is 14.6. The largest absolute Gasteiger partial charge is 0.493 e. The second-order valence-electron chi connectivity index (χ2n) is 5.79. The lowest BCUT2D eigenvalue weighted by atomic mass is 10.1. The molecule has 0 saturated heterocycles. The summed E-state index contributed by atoms with van der Waals surface area (Å²) in [4.78, 5) is 23.5. The summed E-state index contributed by atoms with van der Waals surface area (Å²) in [6.45, 7) is -0.0241. The van der Waals surface area contributed by atoms with E-state index in [0.717, 1.165) is 5.56 Å². The lowest BCUT2D eigenvalue weighted by Gasteiger charge is -2.18. The van der Waals surface area contributed by atoms with Gasteiger partial charge in [0.1, 0.15) is 5.75 Å². The standard InChI is InChI=1S/C19H20N2O5/c1-24-15-7-3-12(9-17(15)25-2)4-8-18(22)20-13-5-6-14-16(10-13)26-11-19(23)21-14/h3,5-7,9-10H,4,8,11H2,1-2H3,(H,20,22)(H,21,23). The second-order valence-corrected chi connectivity index (χ2v) is 5.79. The Morgan fingerprint density at radius 2 is 1.96 bits per heavy atom. The van der Waals surface area contributed by atoms with Gasteiger partial charge in [-0.2, -0.15) is 0 Å². The van der Waals surface area contributed by atoms with Crippen LogP contribution in [0.3, 0.4) is 0 Å². The van der Waals surface area contributed by atoms with E-state index in [1.807, 2.05) is 18.2 Å². The molecule has 1 aliphatic rings. The molecule has 26 heavy (non-hydrogen) atoms. The van der Waals surface area contributed by atoms with E-state index < -0.39 is 0 Å². The molecule has 1 heterocycles. The van der Waals surface area contributed by atoms with Crippen LogP contribution in [-0.4, -0.2) is 32.6 Å². The van der Waals surface area contributed by atoms with E-state index in [2.05, 4.69) is 10.6 Å². The van der Waals surface area contributed by atoms with Gasteiger partial charge in [0.05, 0.1) is 19.9 Å². The first kappa shape index (κ1) is 17.6. The van der Waals surface area contributed by atoms with Crippen molar-refractivity contribution in [2.24, 2.45) is 0 Å². The van der Waals surface area contributed by atoms with Crippen molar-refractivity contribution < 1.29 is 23.8 Å². The number of benzene rings is 2. The molecule has 0 bridgehead atoms. The highest BCUT2D eigenvalue weighted by Crippen LogP contribution is 2.31. The molecule has 0 radical (unpaired) electrons. The summed E-state index contributed by atoms with van der Waals surface area (Å²) in [5, 5.41) is 5.55. The zero-order valence-electron chi connectivity index (χ0n) is 14.6. The molecule has 1 aliphatic heterocycles. The summed E-state index contributed by atoms with van der Waals surface area (Å²) < 4.78 is 15.8. The number of aryl methyl sites for hydroxylation is 1. The molecule has 7 nitrogen and oxygen atoms in total. The number of rotatable bonds is 6. The van der Waals surface area contributed by atoms with E-state index in [4.69, 9.17) is 14.2 Å². The number of nitrogens with one attached hydrogen (secondary N) is 2. The van der Waals surface area contributed by atoms with Gasteiger partial charge in [-0.3, -0.25) is 9.59 Å². The molecular weight excluding hydrogens is 336 g/mol. The van der Waals surface area contributed by atoms with Gasteiger partial charge in [0.25, 0.3) is 5.91 Å². The Kier molecular flexibility index (Phi) is 5.26. The van der Waals surface area contributed by atoms with Gasteiger partial charge < -0.3 is 24.8 Å². The summed E-state index contributed by atoms with van der Waals surface area (Å²) in [7, 11) is 3.16. The number of hydrogen-bond donors (Lipinski definition) is 2. The molecule has 7 heteroatoms. The minimum absolute atomic E-state index is 0.0241. The van der Waals surface area contributed by atoms with Gasteiger partial charge in [0, 0.05) is 18.2 Å². The third kappa shape index (κ3) is 4.05. The maximum atomic E-state index is 12.2. The Bertz CT molecular complexity index is 835. The van der Waals surface area contributed by atoms with Crippen molar-refractivity contribution in [2.75, 3.05) is 31.5 Å². The molecule has 136 valence electrons. The van der Waals surface area contributed by atoms with Crippen molar-refractivity contribution in [1.29, 1.82) is 0 Å². The highest BCUT2D eigenvalue weighted by molar-refractivity contribution is 5.97. The molecule has 2 aromatic rings. The molecule has 0 atom stereocenters. The minimum Gasteiger partial charge on any atom is -0.493 e. The van der Waals surface area contributed by atoms with Gasteiger partial charge in [-0.25, -0.2) is 0 Å². The van der Waals surface area contributed by atoms with Crippen molar-refractivity contribution in [3.63, 3.8) is 0 Å². The first-order chi connectivity index (χ1) is 12.6. The third-order valence-corrected chi connectivity index (χ3v) is 3.99. The van der Waals surface area contributed by atoms with E-state index in [1.54, 1.807) is 32.4 Å². The number of amides is 2. The van der Waals surface area contributed by atoms with Crippen molar-refractivity contribution in [1.82, 2.24) is 0 Å². The van der Waals surface area contributed by atoms with Gasteiger partial charge in [-0.05, 0) is 36.2 Å². The zero-order chi connectivity index (χ0) is 18.5. The van der Waals surface area contributed by atoms with Gasteiger partial charge in [-0.15, -0.1) is 0 Å². The first-order valence-corrected chi connectivity index (χ1v) is 8.16. The maximum Gasteiger partial charge on any atom is 0.262 e. The Labute approximate surface area is 151 Å². The lowest BCUT2D eigenvalue weighted by Crippen LogP contribution is -2.25. The molecule has 2 amide bonds. The fraction of sp³-hybridized carbons (Fsp3) is 0.263. The summed E-state index contributed by atoms with van der Waals surface area (Å²) in [5.74, 6) is 1.53. The van der Waals surface area contributed by atoms with E-state index in [9.17, 15) is 9.59 Å². The van der Waals surface area contributed by atoms with Crippen LogP contribution in [0, 0.1) is 0 Å². The fourth-order valence-electron chi connectivity index (χ4n) is 2.67. The van der Waals surface area contributed by atoms with Crippen molar-refractivity contribution in [3.8, 4) is 17.2 Å². The summed E-state index contributed by atoms with van der Waals surface area (Å²) in [6, 6.07) is 10.7. The molecule has 0 aliphatic carbocycles. The Hall–Kier alpha value is -3.22.